The molecular formula is C22H24N2O2. The molecule has 134 valence electrons. The van der Waals surface area contributed by atoms with Crippen LogP contribution in [0.5, 0.6) is 0 Å². The lowest BCUT2D eigenvalue weighted by Crippen LogP contribution is -2.37. The lowest BCUT2D eigenvalue weighted by molar-refractivity contribution is 0.0598. The molecule has 26 heavy (non-hydrogen) atoms. The number of carbonyl (C=O) groups excluding carboxylic acids is 1. The summed E-state index contributed by atoms with van der Waals surface area (Å²) in [6.07, 6.45) is 1.83. The summed E-state index contributed by atoms with van der Waals surface area (Å²) in [5.41, 5.74) is 2.26. The number of hydrogen-bond acceptors (Lipinski definition) is 3. The third-order valence-corrected chi connectivity index (χ3v) is 5.05. The Morgan fingerprint density at radius 1 is 1.19 bits per heavy atom. The van der Waals surface area contributed by atoms with Gasteiger partial charge in [-0.1, -0.05) is 49.4 Å². The molecule has 2 aromatic carbocycles. The normalized spacial score (nSPS) is 15.7. The Hall–Kier alpha value is -2.64. The third-order valence-electron chi connectivity index (χ3n) is 5.05. The summed E-state index contributed by atoms with van der Waals surface area (Å²) in [4.78, 5) is 14.7. The van der Waals surface area contributed by atoms with Crippen LogP contribution in [0.2, 0.25) is 0 Å². The molecule has 0 heterocycles. The van der Waals surface area contributed by atoms with E-state index in [1.165, 1.54) is 0 Å². The molecule has 1 aliphatic carbocycles. The number of aliphatic hydroxyl groups is 1. The molecule has 1 atom stereocenters. The number of benzene rings is 2. The summed E-state index contributed by atoms with van der Waals surface area (Å²) >= 11 is 0. The van der Waals surface area contributed by atoms with Crippen molar-refractivity contribution in [3.63, 3.8) is 0 Å². The van der Waals surface area contributed by atoms with Gasteiger partial charge in [0.15, 0.2) is 0 Å². The lowest BCUT2D eigenvalue weighted by Gasteiger charge is -2.25. The van der Waals surface area contributed by atoms with Crippen LogP contribution in [0, 0.1) is 11.3 Å². The van der Waals surface area contributed by atoms with E-state index in [0.717, 1.165) is 24.0 Å². The minimum absolute atomic E-state index is 0.102. The Bertz CT molecular complexity index is 789. The zero-order valence-electron chi connectivity index (χ0n) is 15.1. The molecule has 2 aromatic rings. The Labute approximate surface area is 154 Å². The van der Waals surface area contributed by atoms with Gasteiger partial charge in [0.05, 0.1) is 17.6 Å². The zero-order chi connectivity index (χ0) is 18.6. The maximum Gasteiger partial charge on any atom is 0.254 e. The smallest absolute Gasteiger partial charge is 0.254 e. The molecule has 4 heteroatoms. The van der Waals surface area contributed by atoms with E-state index in [-0.39, 0.29) is 11.3 Å². The Morgan fingerprint density at radius 3 is 2.38 bits per heavy atom. The van der Waals surface area contributed by atoms with Crippen LogP contribution >= 0.6 is 0 Å². The fraction of sp³-hybridized carbons (Fsp3) is 0.364. The monoisotopic (exact) mass is 348 g/mol. The number of carbonyl (C=O) groups is 1. The molecule has 1 N–H and O–H groups in total. The molecule has 0 saturated heterocycles. The summed E-state index contributed by atoms with van der Waals surface area (Å²) in [6.45, 7) is 2.66. The highest BCUT2D eigenvalue weighted by atomic mass is 16.3. The molecule has 1 fully saturated rings. The zero-order valence-corrected chi connectivity index (χ0v) is 15.1. The van der Waals surface area contributed by atoms with Gasteiger partial charge >= 0.3 is 0 Å². The molecular weight excluding hydrogens is 324 g/mol. The van der Waals surface area contributed by atoms with Crippen LogP contribution in [0.1, 0.15) is 47.7 Å². The third kappa shape index (κ3) is 3.95. The van der Waals surface area contributed by atoms with Crippen LogP contribution < -0.4 is 0 Å². The van der Waals surface area contributed by atoms with Crippen molar-refractivity contribution in [2.24, 2.45) is 0 Å². The van der Waals surface area contributed by atoms with Crippen molar-refractivity contribution in [1.29, 1.82) is 5.26 Å². The van der Waals surface area contributed by atoms with E-state index in [2.05, 4.69) is 6.07 Å². The number of amides is 1. The van der Waals surface area contributed by atoms with E-state index >= 15 is 0 Å². The van der Waals surface area contributed by atoms with Crippen molar-refractivity contribution in [3.05, 3.63) is 71.3 Å². The van der Waals surface area contributed by atoms with E-state index in [1.54, 1.807) is 17.0 Å². The second-order valence-corrected chi connectivity index (χ2v) is 7.00. The van der Waals surface area contributed by atoms with Gasteiger partial charge in [-0.2, -0.15) is 5.26 Å². The summed E-state index contributed by atoms with van der Waals surface area (Å²) in [6, 6.07) is 19.5. The summed E-state index contributed by atoms with van der Waals surface area (Å²) in [5, 5.41) is 19.4. The van der Waals surface area contributed by atoms with Crippen LogP contribution in [-0.2, 0) is 12.0 Å². The average Bonchev–Trinajstić information content (AvgIpc) is 3.49. The van der Waals surface area contributed by atoms with Gasteiger partial charge < -0.3 is 10.0 Å². The molecule has 0 aliphatic heterocycles. The first-order chi connectivity index (χ1) is 12.6. The maximum absolute atomic E-state index is 13.0. The predicted octanol–water partition coefficient (Wildman–Crippen LogP) is 3.66. The van der Waals surface area contributed by atoms with E-state index in [9.17, 15) is 15.2 Å². The molecule has 0 bridgehead atoms. The van der Waals surface area contributed by atoms with Crippen molar-refractivity contribution in [3.8, 4) is 6.07 Å². The largest absolute Gasteiger partial charge is 0.391 e. The van der Waals surface area contributed by atoms with Crippen LogP contribution in [0.25, 0.3) is 0 Å². The summed E-state index contributed by atoms with van der Waals surface area (Å²) in [7, 11) is 0. The molecule has 1 amide bonds. The minimum atomic E-state index is -0.546. The molecule has 1 aliphatic rings. The number of aliphatic hydroxyl groups excluding tert-OH is 1. The predicted molar refractivity (Wildman–Crippen MR) is 100 cm³/mol. The highest BCUT2D eigenvalue weighted by Gasteiger charge is 2.44. The topological polar surface area (TPSA) is 64.3 Å². The van der Waals surface area contributed by atoms with E-state index in [0.29, 0.717) is 25.1 Å². The van der Waals surface area contributed by atoms with Gasteiger partial charge in [0, 0.05) is 18.7 Å². The first-order valence-electron chi connectivity index (χ1n) is 9.11. The van der Waals surface area contributed by atoms with Gasteiger partial charge in [-0.3, -0.25) is 4.79 Å². The maximum atomic E-state index is 13.0. The molecule has 0 aromatic heterocycles. The van der Waals surface area contributed by atoms with Gasteiger partial charge in [-0.05, 0) is 42.5 Å². The summed E-state index contributed by atoms with van der Waals surface area (Å²) in [5.74, 6) is -0.102. The highest BCUT2D eigenvalue weighted by molar-refractivity contribution is 5.94. The van der Waals surface area contributed by atoms with Gasteiger partial charge in [0.1, 0.15) is 0 Å². The Morgan fingerprint density at radius 2 is 1.85 bits per heavy atom. The lowest BCUT2D eigenvalue weighted by atomic mass is 9.96. The molecule has 0 radical (unpaired) electrons. The van der Waals surface area contributed by atoms with Crippen LogP contribution in [0.4, 0.5) is 0 Å². The van der Waals surface area contributed by atoms with Crippen molar-refractivity contribution >= 4 is 5.91 Å². The van der Waals surface area contributed by atoms with Gasteiger partial charge in [0.2, 0.25) is 0 Å². The van der Waals surface area contributed by atoms with Crippen LogP contribution in [-0.4, -0.2) is 28.6 Å². The van der Waals surface area contributed by atoms with Crippen molar-refractivity contribution < 1.29 is 9.90 Å². The summed E-state index contributed by atoms with van der Waals surface area (Å²) < 4.78 is 0. The molecule has 1 unspecified atom stereocenters. The van der Waals surface area contributed by atoms with Gasteiger partial charge in [-0.25, -0.2) is 0 Å². The van der Waals surface area contributed by atoms with E-state index in [4.69, 9.17) is 0 Å². The number of nitrogens with zero attached hydrogens (tertiary/aromatic N) is 2. The van der Waals surface area contributed by atoms with Gasteiger partial charge in [-0.15, -0.1) is 0 Å². The average molecular weight is 348 g/mol. The first-order valence-corrected chi connectivity index (χ1v) is 9.11. The number of hydrogen-bond donors (Lipinski definition) is 1. The van der Waals surface area contributed by atoms with Crippen molar-refractivity contribution in [2.75, 3.05) is 6.54 Å². The molecule has 1 saturated carbocycles. The van der Waals surface area contributed by atoms with Crippen molar-refractivity contribution in [2.45, 2.75) is 44.2 Å². The molecule has 4 nitrogen and oxygen atoms in total. The molecule has 3 rings (SSSR count). The van der Waals surface area contributed by atoms with E-state index < -0.39 is 6.10 Å². The minimum Gasteiger partial charge on any atom is -0.391 e. The standard InChI is InChI=1S/C22H24N2O2/c1-2-20(25)15-24(14-17-6-4-3-5-7-17)21(26)18-8-10-19(11-9-18)22(16-23)12-13-22/h3-11,20,25H,2,12-15H2,1H3. The number of rotatable bonds is 7. The van der Waals surface area contributed by atoms with Crippen LogP contribution in [0.15, 0.2) is 54.6 Å². The van der Waals surface area contributed by atoms with E-state index in [1.807, 2.05) is 49.4 Å². The fourth-order valence-electron chi connectivity index (χ4n) is 3.11. The first kappa shape index (κ1) is 18.2. The SMILES string of the molecule is CCC(O)CN(Cc1ccccc1)C(=O)c1ccc(C2(C#N)CC2)cc1. The number of nitriles is 1. The van der Waals surface area contributed by atoms with Crippen LogP contribution in [0.3, 0.4) is 0 Å². The molecule has 0 spiro atoms. The highest BCUT2D eigenvalue weighted by Crippen LogP contribution is 2.47. The Balaban J connectivity index is 1.79. The Kier molecular flexibility index (Phi) is 5.39. The second-order valence-electron chi connectivity index (χ2n) is 7.00. The fourth-order valence-corrected chi connectivity index (χ4v) is 3.11. The van der Waals surface area contributed by atoms with Gasteiger partial charge in [0.25, 0.3) is 5.91 Å². The quantitative estimate of drug-likeness (QED) is 0.830. The second kappa shape index (κ2) is 7.72. The van der Waals surface area contributed by atoms with Crippen molar-refractivity contribution in [1.82, 2.24) is 4.90 Å².